The predicted molar refractivity (Wildman–Crippen MR) is 136 cm³/mol. The minimum atomic E-state index is -0.918. The summed E-state index contributed by atoms with van der Waals surface area (Å²) in [6.07, 6.45) is 1.05. The van der Waals surface area contributed by atoms with Crippen molar-refractivity contribution in [3.8, 4) is 22.4 Å². The summed E-state index contributed by atoms with van der Waals surface area (Å²) in [7, 11) is 0. The molecular formula is C25H25AsClN4O3. The van der Waals surface area contributed by atoms with Crippen molar-refractivity contribution in [2.24, 2.45) is 0 Å². The fourth-order valence-electron chi connectivity index (χ4n) is 3.73. The summed E-state index contributed by atoms with van der Waals surface area (Å²) in [5.41, 5.74) is 3.89. The number of aromatic nitrogens is 4. The zero-order valence-corrected chi connectivity index (χ0v) is 21.6. The SMILES string of the molecule is CC[As]c1ncc2cc(-c3ccc(-c4cccc(C)n4)cc3Cl)c(=O)n(CC[C@H](O)CO)c2n1. The fourth-order valence-corrected chi connectivity index (χ4v) is 5.25. The molecule has 9 heteroatoms. The van der Waals surface area contributed by atoms with Gasteiger partial charge in [-0.2, -0.15) is 0 Å². The monoisotopic (exact) mass is 539 g/mol. The zero-order chi connectivity index (χ0) is 24.2. The van der Waals surface area contributed by atoms with E-state index in [1.165, 1.54) is 0 Å². The van der Waals surface area contributed by atoms with E-state index >= 15 is 0 Å². The first kappa shape index (κ1) is 24.5. The van der Waals surface area contributed by atoms with Crippen LogP contribution in [0, 0.1) is 6.92 Å². The van der Waals surface area contributed by atoms with Gasteiger partial charge in [0.25, 0.3) is 0 Å². The van der Waals surface area contributed by atoms with Crippen LogP contribution in [0.2, 0.25) is 10.2 Å². The first-order valence-electron chi connectivity index (χ1n) is 11.0. The van der Waals surface area contributed by atoms with Gasteiger partial charge in [0.15, 0.2) is 0 Å². The third kappa shape index (κ3) is 5.23. The molecule has 3 aromatic heterocycles. The predicted octanol–water partition coefficient (Wildman–Crippen LogP) is 2.99. The van der Waals surface area contributed by atoms with Gasteiger partial charge < -0.3 is 0 Å². The van der Waals surface area contributed by atoms with Crippen molar-refractivity contribution < 1.29 is 10.2 Å². The van der Waals surface area contributed by atoms with Crippen LogP contribution in [0.3, 0.4) is 0 Å². The Morgan fingerprint density at radius 3 is 2.68 bits per heavy atom. The first-order valence-corrected chi connectivity index (χ1v) is 13.7. The molecule has 4 rings (SSSR count). The number of fused-ring (bicyclic) bond motifs is 1. The zero-order valence-electron chi connectivity index (χ0n) is 18.9. The topological polar surface area (TPSA) is 101 Å². The molecule has 0 fully saturated rings. The number of halogens is 1. The molecule has 2 N–H and O–H groups in total. The van der Waals surface area contributed by atoms with Crippen LogP contribution in [0.25, 0.3) is 33.4 Å². The van der Waals surface area contributed by atoms with E-state index in [1.807, 2.05) is 43.3 Å². The van der Waals surface area contributed by atoms with E-state index in [-0.39, 0.29) is 40.9 Å². The van der Waals surface area contributed by atoms with Gasteiger partial charge in [0, 0.05) is 5.69 Å². The summed E-state index contributed by atoms with van der Waals surface area (Å²) in [4.78, 5) is 27.3. The van der Waals surface area contributed by atoms with Crippen LogP contribution in [0.5, 0.6) is 0 Å². The summed E-state index contributed by atoms with van der Waals surface area (Å²) < 4.78 is 2.31. The molecule has 0 amide bonds. The number of aliphatic hydroxyl groups excluding tert-OH is 2. The Kier molecular flexibility index (Phi) is 7.79. The van der Waals surface area contributed by atoms with E-state index in [9.17, 15) is 15.0 Å². The molecule has 0 unspecified atom stereocenters. The Hall–Kier alpha value is -2.57. The van der Waals surface area contributed by atoms with Gasteiger partial charge in [-0.05, 0) is 13.0 Å². The summed E-state index contributed by atoms with van der Waals surface area (Å²) in [5.74, 6) is 0. The van der Waals surface area contributed by atoms with Crippen molar-refractivity contribution >= 4 is 43.0 Å². The molecule has 1 atom stereocenters. The molecule has 34 heavy (non-hydrogen) atoms. The van der Waals surface area contributed by atoms with Gasteiger partial charge in [0.05, 0.1) is 0 Å². The molecule has 1 aromatic carbocycles. The summed E-state index contributed by atoms with van der Waals surface area (Å²) in [5, 5.41) is 21.3. The second-order valence-electron chi connectivity index (χ2n) is 7.92. The minimum absolute atomic E-state index is 0.181. The number of aliphatic hydroxyl groups is 2. The van der Waals surface area contributed by atoms with Crippen LogP contribution in [-0.2, 0) is 6.54 Å². The van der Waals surface area contributed by atoms with Gasteiger partial charge >= 0.3 is 185 Å². The van der Waals surface area contributed by atoms with Crippen LogP contribution < -0.4 is 10.2 Å². The standard InChI is InChI=1S/C25H25AsClN4O3/c1-3-26-25-28-13-17-11-20(24(34)31(23(17)30-25)10-9-18(33)14-32)19-8-7-16(12-21(19)27)22-6-4-5-15(2)29-22/h4-8,11-13,18,32-33H,3,9-10,14H2,1-2H3/t18-/m0/s1. The molecule has 1 radical (unpaired) electrons. The maximum atomic E-state index is 13.6. The van der Waals surface area contributed by atoms with E-state index in [0.29, 0.717) is 21.8 Å². The van der Waals surface area contributed by atoms with Gasteiger partial charge in [-0.25, -0.2) is 0 Å². The fraction of sp³-hybridized carbons (Fsp3) is 0.280. The van der Waals surface area contributed by atoms with Crippen LogP contribution in [-0.4, -0.2) is 58.2 Å². The van der Waals surface area contributed by atoms with Crippen LogP contribution >= 0.6 is 11.6 Å². The number of hydrogen-bond acceptors (Lipinski definition) is 6. The van der Waals surface area contributed by atoms with Crippen molar-refractivity contribution in [3.05, 3.63) is 69.7 Å². The number of pyridine rings is 2. The summed E-state index contributed by atoms with van der Waals surface area (Å²) in [6.45, 7) is 3.86. The molecule has 0 saturated carbocycles. The van der Waals surface area contributed by atoms with E-state index in [4.69, 9.17) is 11.6 Å². The molecule has 3 heterocycles. The van der Waals surface area contributed by atoms with Crippen LogP contribution in [0.4, 0.5) is 0 Å². The maximum absolute atomic E-state index is 13.6. The molecule has 0 aliphatic carbocycles. The molecule has 175 valence electrons. The summed E-state index contributed by atoms with van der Waals surface area (Å²) >= 11 is 6.49. The molecule has 0 aliphatic heterocycles. The van der Waals surface area contributed by atoms with Gasteiger partial charge in [-0.15, -0.1) is 0 Å². The number of benzene rings is 1. The Balaban J connectivity index is 1.84. The average molecular weight is 540 g/mol. The quantitative estimate of drug-likeness (QED) is 0.334. The second kappa shape index (κ2) is 10.8. The van der Waals surface area contributed by atoms with Gasteiger partial charge in [0.1, 0.15) is 0 Å². The normalized spacial score (nSPS) is 12.6. The molecule has 0 spiro atoms. The molecule has 0 aliphatic rings. The number of nitrogens with zero attached hydrogens (tertiary/aromatic N) is 4. The Labute approximate surface area is 209 Å². The molecular weight excluding hydrogens is 515 g/mol. The Morgan fingerprint density at radius 2 is 1.97 bits per heavy atom. The van der Waals surface area contributed by atoms with Crippen molar-refractivity contribution in [2.45, 2.75) is 38.1 Å². The molecule has 7 nitrogen and oxygen atoms in total. The molecule has 0 bridgehead atoms. The third-order valence-electron chi connectivity index (χ3n) is 5.45. The Morgan fingerprint density at radius 1 is 1.15 bits per heavy atom. The average Bonchev–Trinajstić information content (AvgIpc) is 2.83. The second-order valence-corrected chi connectivity index (χ2v) is 11.2. The molecule has 4 aromatic rings. The van der Waals surface area contributed by atoms with Crippen LogP contribution in [0.15, 0.2) is 53.5 Å². The number of hydrogen-bond donors (Lipinski definition) is 2. The Bertz CT molecular complexity index is 1390. The van der Waals surface area contributed by atoms with Crippen molar-refractivity contribution in [1.29, 1.82) is 0 Å². The van der Waals surface area contributed by atoms with E-state index in [2.05, 4.69) is 21.9 Å². The van der Waals surface area contributed by atoms with Gasteiger partial charge in [-0.3, -0.25) is 0 Å². The van der Waals surface area contributed by atoms with Crippen molar-refractivity contribution in [3.63, 3.8) is 0 Å². The van der Waals surface area contributed by atoms with Gasteiger partial charge in [0.2, 0.25) is 0 Å². The van der Waals surface area contributed by atoms with Gasteiger partial charge in [-0.1, -0.05) is 6.07 Å². The van der Waals surface area contributed by atoms with E-state index in [1.54, 1.807) is 16.8 Å². The summed E-state index contributed by atoms with van der Waals surface area (Å²) in [6, 6.07) is 13.1. The molecule has 0 saturated heterocycles. The van der Waals surface area contributed by atoms with Crippen LogP contribution in [0.1, 0.15) is 19.0 Å². The third-order valence-corrected chi connectivity index (χ3v) is 7.48. The van der Waals surface area contributed by atoms with E-state index < -0.39 is 6.10 Å². The van der Waals surface area contributed by atoms with Crippen molar-refractivity contribution in [2.75, 3.05) is 6.61 Å². The van der Waals surface area contributed by atoms with Crippen molar-refractivity contribution in [1.82, 2.24) is 19.5 Å². The first-order chi connectivity index (χ1) is 16.4. The number of rotatable bonds is 8. The number of aryl methyl sites for hydroxylation is 2. The van der Waals surface area contributed by atoms with E-state index in [0.717, 1.165) is 32.2 Å².